The first-order valence-corrected chi connectivity index (χ1v) is 10.6. The summed E-state index contributed by atoms with van der Waals surface area (Å²) in [6.45, 7) is 3.89. The number of amides is 1. The Morgan fingerprint density at radius 2 is 1.97 bits per heavy atom. The smallest absolute Gasteiger partial charge is 0.293 e. The van der Waals surface area contributed by atoms with Gasteiger partial charge in [-0.2, -0.15) is 0 Å². The lowest BCUT2D eigenvalue weighted by molar-refractivity contribution is 0.0995. The van der Waals surface area contributed by atoms with E-state index in [4.69, 9.17) is 9.15 Å². The maximum atomic E-state index is 12.9. The predicted molar refractivity (Wildman–Crippen MR) is 116 cm³/mol. The second kappa shape index (κ2) is 8.93. The molecule has 4 aromatic rings. The fourth-order valence-electron chi connectivity index (χ4n) is 2.70. The van der Waals surface area contributed by atoms with Crippen molar-refractivity contribution in [1.29, 1.82) is 0 Å². The molecule has 0 bridgehead atoms. The topological polar surface area (TPSA) is 77.3 Å². The number of carbonyl (C=O) groups excluding carboxylic acids is 1. The summed E-state index contributed by atoms with van der Waals surface area (Å²) in [6, 6.07) is 17.0. The van der Waals surface area contributed by atoms with Gasteiger partial charge in [0.25, 0.3) is 5.91 Å². The lowest BCUT2D eigenvalue weighted by Crippen LogP contribution is -2.13. The van der Waals surface area contributed by atoms with Crippen LogP contribution < -0.4 is 10.1 Å². The highest BCUT2D eigenvalue weighted by Crippen LogP contribution is 2.29. The third kappa shape index (κ3) is 4.49. The van der Waals surface area contributed by atoms with E-state index < -0.39 is 0 Å². The van der Waals surface area contributed by atoms with Crippen LogP contribution in [0, 0.1) is 0 Å². The Kier molecular flexibility index (Phi) is 5.92. The average molecular weight is 424 g/mol. The van der Waals surface area contributed by atoms with Gasteiger partial charge in [-0.15, -0.1) is 16.8 Å². The molecule has 0 fully saturated rings. The Morgan fingerprint density at radius 1 is 1.17 bits per heavy atom. The first-order valence-electron chi connectivity index (χ1n) is 8.81. The summed E-state index contributed by atoms with van der Waals surface area (Å²) in [7, 11) is 0. The molecule has 2 aromatic carbocycles. The van der Waals surface area contributed by atoms with E-state index in [0.29, 0.717) is 16.3 Å². The zero-order valence-corrected chi connectivity index (χ0v) is 17.0. The second-order valence-electron chi connectivity index (χ2n) is 5.93. The van der Waals surface area contributed by atoms with Crippen LogP contribution in [0.4, 0.5) is 5.13 Å². The van der Waals surface area contributed by atoms with Gasteiger partial charge in [0, 0.05) is 16.7 Å². The maximum absolute atomic E-state index is 12.9. The number of furan rings is 1. The molecule has 1 N–H and O–H groups in total. The molecular weight excluding hydrogens is 406 g/mol. The SMILES string of the molecule is C=CCSc1nnc(NC(=O)c2oc3ccccc3c2COc2ccccc2)s1. The molecule has 0 saturated heterocycles. The summed E-state index contributed by atoms with van der Waals surface area (Å²) in [4.78, 5) is 12.9. The highest BCUT2D eigenvalue weighted by Gasteiger charge is 2.22. The standard InChI is InChI=1S/C21H17N3O3S2/c1-2-12-28-21-24-23-20(29-21)22-19(25)18-16(13-26-14-8-4-3-5-9-14)15-10-6-7-11-17(15)27-18/h2-11H,1,12-13H2,(H,22,23,25). The normalized spacial score (nSPS) is 10.8. The molecular formula is C21H17N3O3S2. The number of benzene rings is 2. The van der Waals surface area contributed by atoms with Crippen LogP contribution in [0.1, 0.15) is 16.1 Å². The zero-order valence-electron chi connectivity index (χ0n) is 15.3. The molecule has 146 valence electrons. The van der Waals surface area contributed by atoms with Gasteiger partial charge in [-0.3, -0.25) is 10.1 Å². The third-order valence-corrected chi connectivity index (χ3v) is 5.95. The van der Waals surface area contributed by atoms with Gasteiger partial charge in [0.1, 0.15) is 17.9 Å². The molecule has 8 heteroatoms. The molecule has 4 rings (SSSR count). The van der Waals surface area contributed by atoms with Crippen molar-refractivity contribution in [3.05, 3.63) is 78.6 Å². The number of hydrogen-bond acceptors (Lipinski definition) is 7. The summed E-state index contributed by atoms with van der Waals surface area (Å²) in [5.41, 5.74) is 1.32. The minimum atomic E-state index is -0.385. The van der Waals surface area contributed by atoms with Gasteiger partial charge in [-0.25, -0.2) is 0 Å². The molecule has 29 heavy (non-hydrogen) atoms. The van der Waals surface area contributed by atoms with Gasteiger partial charge in [0.15, 0.2) is 10.1 Å². The van der Waals surface area contributed by atoms with E-state index in [2.05, 4.69) is 22.1 Å². The van der Waals surface area contributed by atoms with E-state index in [-0.39, 0.29) is 18.3 Å². The molecule has 6 nitrogen and oxygen atoms in total. The molecule has 0 radical (unpaired) electrons. The number of carbonyl (C=O) groups is 1. The van der Waals surface area contributed by atoms with E-state index >= 15 is 0 Å². The molecule has 2 aromatic heterocycles. The average Bonchev–Trinajstić information content (AvgIpc) is 3.35. The van der Waals surface area contributed by atoms with Crippen LogP contribution in [0.25, 0.3) is 11.0 Å². The monoisotopic (exact) mass is 423 g/mol. The van der Waals surface area contributed by atoms with E-state index in [1.165, 1.54) is 23.1 Å². The largest absolute Gasteiger partial charge is 0.489 e. The molecule has 0 aliphatic rings. The minimum absolute atomic E-state index is 0.206. The Bertz CT molecular complexity index is 1140. The number of fused-ring (bicyclic) bond motifs is 1. The van der Waals surface area contributed by atoms with Gasteiger partial charge in [-0.05, 0) is 18.2 Å². The summed E-state index contributed by atoms with van der Waals surface area (Å²) in [5.74, 6) is 1.27. The number of aromatic nitrogens is 2. The lowest BCUT2D eigenvalue weighted by atomic mass is 10.1. The molecule has 0 saturated carbocycles. The summed E-state index contributed by atoms with van der Waals surface area (Å²) >= 11 is 2.82. The first kappa shape index (κ1) is 19.2. The fraction of sp³-hybridized carbons (Fsp3) is 0.0952. The van der Waals surface area contributed by atoms with E-state index in [9.17, 15) is 4.79 Å². The van der Waals surface area contributed by atoms with Gasteiger partial charge >= 0.3 is 0 Å². The number of hydrogen-bond donors (Lipinski definition) is 1. The zero-order chi connectivity index (χ0) is 20.1. The molecule has 0 unspecified atom stereocenters. The molecule has 0 spiro atoms. The van der Waals surface area contributed by atoms with Crippen LogP contribution in [0.2, 0.25) is 0 Å². The fourth-order valence-corrected chi connectivity index (χ4v) is 4.21. The van der Waals surface area contributed by atoms with Crippen molar-refractivity contribution >= 4 is 45.1 Å². The second-order valence-corrected chi connectivity index (χ2v) is 8.18. The summed E-state index contributed by atoms with van der Waals surface area (Å²) in [6.07, 6.45) is 1.79. The number of rotatable bonds is 8. The lowest BCUT2D eigenvalue weighted by Gasteiger charge is -2.06. The van der Waals surface area contributed by atoms with Gasteiger partial charge in [-0.1, -0.05) is 65.6 Å². The Hall–Kier alpha value is -3.10. The Labute approximate surface area is 175 Å². The van der Waals surface area contributed by atoms with E-state index in [0.717, 1.165) is 21.2 Å². The van der Waals surface area contributed by atoms with Gasteiger partial charge in [0.2, 0.25) is 5.13 Å². The predicted octanol–water partition coefficient (Wildman–Crippen LogP) is 5.39. The Balaban J connectivity index is 1.57. The Morgan fingerprint density at radius 3 is 2.79 bits per heavy atom. The molecule has 0 atom stereocenters. The summed E-state index contributed by atoms with van der Waals surface area (Å²) in [5, 5.41) is 12.1. The van der Waals surface area contributed by atoms with Crippen LogP contribution in [-0.2, 0) is 6.61 Å². The third-order valence-electron chi connectivity index (χ3n) is 3.98. The molecule has 2 heterocycles. The van der Waals surface area contributed by atoms with Crippen molar-refractivity contribution in [3.63, 3.8) is 0 Å². The summed E-state index contributed by atoms with van der Waals surface area (Å²) < 4.78 is 12.5. The van der Waals surface area contributed by atoms with Gasteiger partial charge in [0.05, 0.1) is 0 Å². The van der Waals surface area contributed by atoms with Crippen LogP contribution in [0.15, 0.2) is 76.0 Å². The van der Waals surface area contributed by atoms with Gasteiger partial charge < -0.3 is 9.15 Å². The van der Waals surface area contributed by atoms with Crippen LogP contribution in [0.3, 0.4) is 0 Å². The van der Waals surface area contributed by atoms with Crippen molar-refractivity contribution in [3.8, 4) is 5.75 Å². The van der Waals surface area contributed by atoms with Crippen LogP contribution in [0.5, 0.6) is 5.75 Å². The quantitative estimate of drug-likeness (QED) is 0.232. The molecule has 1 amide bonds. The maximum Gasteiger partial charge on any atom is 0.293 e. The molecule has 0 aliphatic heterocycles. The number of thioether (sulfide) groups is 1. The van der Waals surface area contributed by atoms with E-state index in [1.807, 2.05) is 54.6 Å². The van der Waals surface area contributed by atoms with Crippen molar-refractivity contribution in [2.24, 2.45) is 0 Å². The highest BCUT2D eigenvalue weighted by molar-refractivity contribution is 8.01. The number of ether oxygens (including phenoxy) is 1. The van der Waals surface area contributed by atoms with Crippen molar-refractivity contribution in [2.45, 2.75) is 10.9 Å². The number of nitrogens with one attached hydrogen (secondary N) is 1. The number of nitrogens with zero attached hydrogens (tertiary/aromatic N) is 2. The minimum Gasteiger partial charge on any atom is -0.489 e. The molecule has 0 aliphatic carbocycles. The van der Waals surface area contributed by atoms with E-state index in [1.54, 1.807) is 6.08 Å². The van der Waals surface area contributed by atoms with Crippen molar-refractivity contribution in [2.75, 3.05) is 11.1 Å². The van der Waals surface area contributed by atoms with Crippen molar-refractivity contribution in [1.82, 2.24) is 10.2 Å². The first-order chi connectivity index (χ1) is 14.2. The highest BCUT2D eigenvalue weighted by atomic mass is 32.2. The number of anilines is 1. The van der Waals surface area contributed by atoms with Crippen LogP contribution in [-0.4, -0.2) is 21.9 Å². The number of para-hydroxylation sites is 2. The van der Waals surface area contributed by atoms with Crippen molar-refractivity contribution < 1.29 is 13.9 Å². The van der Waals surface area contributed by atoms with Crippen LogP contribution >= 0.6 is 23.1 Å².